The Hall–Kier alpha value is -0.0400. The van der Waals surface area contributed by atoms with Gasteiger partial charge >= 0.3 is 0 Å². The van der Waals surface area contributed by atoms with Crippen molar-refractivity contribution in [2.45, 2.75) is 83.8 Å². The van der Waals surface area contributed by atoms with E-state index in [0.717, 1.165) is 23.4 Å². The molecule has 0 amide bonds. The molecule has 3 fully saturated rings. The second kappa shape index (κ2) is 3.25. The van der Waals surface area contributed by atoms with Crippen LogP contribution in [-0.2, 0) is 0 Å². The summed E-state index contributed by atoms with van der Waals surface area (Å²) >= 11 is 0. The minimum Gasteiger partial charge on any atom is -0.292 e. The van der Waals surface area contributed by atoms with Crippen LogP contribution in [0, 0.1) is 11.3 Å². The van der Waals surface area contributed by atoms with Crippen molar-refractivity contribution in [3.63, 3.8) is 0 Å². The number of hydrogen-bond acceptors (Lipinski definition) is 1. The van der Waals surface area contributed by atoms with Gasteiger partial charge in [-0.3, -0.25) is 4.90 Å². The summed E-state index contributed by atoms with van der Waals surface area (Å²) in [5.41, 5.74) is 1.17. The lowest BCUT2D eigenvalue weighted by atomic mass is 9.73. The molecule has 0 N–H and O–H groups in total. The van der Waals surface area contributed by atoms with Crippen molar-refractivity contribution in [2.75, 3.05) is 0 Å². The second-order valence-corrected chi connectivity index (χ2v) is 7.36. The summed E-state index contributed by atoms with van der Waals surface area (Å²) in [5, 5.41) is 0. The Kier molecular flexibility index (Phi) is 2.25. The second-order valence-electron chi connectivity index (χ2n) is 7.36. The molecule has 0 aromatic carbocycles. The molecule has 1 aliphatic heterocycles. The highest BCUT2D eigenvalue weighted by Gasteiger charge is 2.70. The lowest BCUT2D eigenvalue weighted by molar-refractivity contribution is 0.0683. The summed E-state index contributed by atoms with van der Waals surface area (Å²) in [6, 6.07) is 1.83. The highest BCUT2D eigenvalue weighted by atomic mass is 15.3. The van der Waals surface area contributed by atoms with Gasteiger partial charge in [0.05, 0.1) is 0 Å². The smallest absolute Gasteiger partial charge is 0.0170 e. The lowest BCUT2D eigenvalue weighted by Crippen LogP contribution is -2.48. The van der Waals surface area contributed by atoms with Crippen LogP contribution in [0.2, 0.25) is 0 Å². The number of likely N-dealkylation sites (tertiary alicyclic amines) is 1. The first-order valence-corrected chi connectivity index (χ1v) is 7.29. The van der Waals surface area contributed by atoms with Gasteiger partial charge in [-0.05, 0) is 57.8 Å². The summed E-state index contributed by atoms with van der Waals surface area (Å²) in [4.78, 5) is 2.89. The summed E-state index contributed by atoms with van der Waals surface area (Å²) in [6.45, 7) is 9.65. The van der Waals surface area contributed by atoms with E-state index in [9.17, 15) is 0 Å². The number of hydrogen-bond donors (Lipinski definition) is 0. The maximum atomic E-state index is 2.89. The van der Waals surface area contributed by atoms with E-state index in [0.29, 0.717) is 5.54 Å². The number of rotatable bonds is 1. The van der Waals surface area contributed by atoms with Crippen LogP contribution in [0.4, 0.5) is 0 Å². The molecule has 4 atom stereocenters. The van der Waals surface area contributed by atoms with Crippen LogP contribution in [0.3, 0.4) is 0 Å². The fraction of sp³-hybridized carbons (Fsp3) is 1.00. The van der Waals surface area contributed by atoms with Crippen molar-refractivity contribution in [2.24, 2.45) is 11.3 Å². The Morgan fingerprint density at radius 1 is 1.25 bits per heavy atom. The van der Waals surface area contributed by atoms with E-state index in [1.54, 1.807) is 0 Å². The molecule has 3 rings (SSSR count). The quantitative estimate of drug-likeness (QED) is 0.650. The third-order valence-corrected chi connectivity index (χ3v) is 5.57. The molecule has 0 bridgehead atoms. The molecule has 0 radical (unpaired) electrons. The molecule has 1 heteroatoms. The average Bonchev–Trinajstić information content (AvgIpc) is 2.81. The Balaban J connectivity index is 1.92. The molecule has 1 saturated heterocycles. The minimum atomic E-state index is 0.381. The van der Waals surface area contributed by atoms with Crippen molar-refractivity contribution >= 4 is 0 Å². The van der Waals surface area contributed by atoms with Gasteiger partial charge in [-0.2, -0.15) is 0 Å². The third-order valence-electron chi connectivity index (χ3n) is 5.57. The Bertz CT molecular complexity index is 290. The molecule has 4 unspecified atom stereocenters. The summed E-state index contributed by atoms with van der Waals surface area (Å²) in [5.74, 6) is 1.04. The Morgan fingerprint density at radius 2 is 2.00 bits per heavy atom. The first-order chi connectivity index (χ1) is 7.50. The molecule has 3 aliphatic rings. The minimum absolute atomic E-state index is 0.381. The zero-order valence-electron chi connectivity index (χ0n) is 11.4. The van der Waals surface area contributed by atoms with Crippen molar-refractivity contribution in [3.05, 3.63) is 0 Å². The van der Waals surface area contributed by atoms with Gasteiger partial charge in [0.2, 0.25) is 0 Å². The molecular weight excluding hydrogens is 194 g/mol. The molecule has 1 heterocycles. The molecule has 16 heavy (non-hydrogen) atoms. The Labute approximate surface area is 101 Å². The van der Waals surface area contributed by atoms with E-state index in [1.165, 1.54) is 38.5 Å². The third kappa shape index (κ3) is 1.27. The van der Waals surface area contributed by atoms with Gasteiger partial charge in [0.25, 0.3) is 0 Å². The first-order valence-electron chi connectivity index (χ1n) is 7.29. The van der Waals surface area contributed by atoms with Crippen LogP contribution in [0.1, 0.15) is 66.2 Å². The molecule has 1 spiro atoms. The van der Waals surface area contributed by atoms with E-state index in [1.807, 2.05) is 0 Å². The topological polar surface area (TPSA) is 3.24 Å². The molecule has 1 nitrogen and oxygen atoms in total. The summed E-state index contributed by atoms with van der Waals surface area (Å²) in [6.07, 6.45) is 8.92. The maximum Gasteiger partial charge on any atom is 0.0170 e. The van der Waals surface area contributed by atoms with Gasteiger partial charge in [0.15, 0.2) is 0 Å². The van der Waals surface area contributed by atoms with E-state index in [-0.39, 0.29) is 0 Å². The van der Waals surface area contributed by atoms with Crippen molar-refractivity contribution in [1.29, 1.82) is 0 Å². The highest BCUT2D eigenvalue weighted by Crippen LogP contribution is 2.69. The SMILES string of the molecule is CCC1C2CCCCC23CC3N1C(C)(C)C. The normalized spacial score (nSPS) is 47.6. The molecule has 0 aromatic rings. The van der Waals surface area contributed by atoms with E-state index >= 15 is 0 Å². The van der Waals surface area contributed by atoms with Crippen molar-refractivity contribution in [3.8, 4) is 0 Å². The van der Waals surface area contributed by atoms with Crippen molar-refractivity contribution in [1.82, 2.24) is 4.90 Å². The zero-order chi connectivity index (χ0) is 11.6. The molecule has 0 aromatic heterocycles. The van der Waals surface area contributed by atoms with Crippen LogP contribution >= 0.6 is 0 Å². The van der Waals surface area contributed by atoms with Crippen LogP contribution in [0.15, 0.2) is 0 Å². The van der Waals surface area contributed by atoms with E-state index in [4.69, 9.17) is 0 Å². The van der Waals surface area contributed by atoms with Gasteiger partial charge in [-0.1, -0.05) is 19.8 Å². The average molecular weight is 221 g/mol. The fourth-order valence-corrected chi connectivity index (χ4v) is 5.08. The highest BCUT2D eigenvalue weighted by molar-refractivity contribution is 5.23. The molecular formula is C15H27N. The fourth-order valence-electron chi connectivity index (χ4n) is 5.08. The van der Waals surface area contributed by atoms with Gasteiger partial charge in [-0.15, -0.1) is 0 Å². The number of piperidine rings is 1. The molecule has 2 aliphatic carbocycles. The van der Waals surface area contributed by atoms with Crippen molar-refractivity contribution < 1.29 is 0 Å². The molecule has 2 saturated carbocycles. The predicted octanol–water partition coefficient (Wildman–Crippen LogP) is 3.83. The largest absolute Gasteiger partial charge is 0.292 e. The van der Waals surface area contributed by atoms with Gasteiger partial charge < -0.3 is 0 Å². The first kappa shape index (κ1) is 11.1. The van der Waals surface area contributed by atoms with Gasteiger partial charge in [-0.25, -0.2) is 0 Å². The van der Waals surface area contributed by atoms with Crippen LogP contribution in [0.25, 0.3) is 0 Å². The predicted molar refractivity (Wildman–Crippen MR) is 68.5 cm³/mol. The van der Waals surface area contributed by atoms with Crippen LogP contribution < -0.4 is 0 Å². The lowest BCUT2D eigenvalue weighted by Gasteiger charge is -2.41. The van der Waals surface area contributed by atoms with Crippen LogP contribution in [0.5, 0.6) is 0 Å². The maximum absolute atomic E-state index is 2.89. The molecule has 92 valence electrons. The summed E-state index contributed by atoms with van der Waals surface area (Å²) < 4.78 is 0. The zero-order valence-corrected chi connectivity index (χ0v) is 11.4. The summed E-state index contributed by atoms with van der Waals surface area (Å²) in [7, 11) is 0. The van der Waals surface area contributed by atoms with Gasteiger partial charge in [0.1, 0.15) is 0 Å². The number of nitrogens with zero attached hydrogens (tertiary/aromatic N) is 1. The van der Waals surface area contributed by atoms with Crippen LogP contribution in [-0.4, -0.2) is 22.5 Å². The van der Waals surface area contributed by atoms with Gasteiger partial charge in [0, 0.05) is 17.6 Å². The van der Waals surface area contributed by atoms with E-state index < -0.39 is 0 Å². The van der Waals surface area contributed by atoms with E-state index in [2.05, 4.69) is 32.6 Å². The Morgan fingerprint density at radius 3 is 2.62 bits per heavy atom. The monoisotopic (exact) mass is 221 g/mol. The standard InChI is InChI=1S/C15H27N/c1-5-12-11-8-6-7-9-15(11)10-13(15)16(12)14(2,3)4/h11-13H,5-10H2,1-4H3.